The molecular formula is C19H22N6O2. The van der Waals surface area contributed by atoms with E-state index in [-0.39, 0.29) is 11.9 Å². The van der Waals surface area contributed by atoms with E-state index in [1.54, 1.807) is 16.9 Å². The van der Waals surface area contributed by atoms with Crippen LogP contribution in [0.5, 0.6) is 0 Å². The van der Waals surface area contributed by atoms with Crippen LogP contribution in [0.25, 0.3) is 11.5 Å². The Hall–Kier alpha value is -3.03. The molecule has 1 amide bonds. The molecule has 1 saturated heterocycles. The Morgan fingerprint density at radius 3 is 2.89 bits per heavy atom. The number of hydrogen-bond acceptors (Lipinski definition) is 6. The minimum Gasteiger partial charge on any atom is -0.334 e. The molecule has 8 heteroatoms. The van der Waals surface area contributed by atoms with Crippen molar-refractivity contribution in [2.24, 2.45) is 7.05 Å². The van der Waals surface area contributed by atoms with Crippen LogP contribution in [0.2, 0.25) is 0 Å². The van der Waals surface area contributed by atoms with Gasteiger partial charge in [-0.05, 0) is 31.9 Å². The molecule has 0 radical (unpaired) electrons. The lowest BCUT2D eigenvalue weighted by atomic mass is 10.1. The molecule has 4 rings (SSSR count). The van der Waals surface area contributed by atoms with Crippen molar-refractivity contribution in [3.05, 3.63) is 47.8 Å². The SMILES string of the molecule is Cc1cccc(C(=O)N2CCCCC[C@@H]2c2noc(-c3cnn(C)c3)n2)n1. The molecule has 27 heavy (non-hydrogen) atoms. The van der Waals surface area contributed by atoms with Gasteiger partial charge in [0, 0.05) is 25.5 Å². The molecule has 4 heterocycles. The third-order valence-electron chi connectivity index (χ3n) is 4.81. The predicted molar refractivity (Wildman–Crippen MR) is 97.7 cm³/mol. The molecule has 8 nitrogen and oxygen atoms in total. The summed E-state index contributed by atoms with van der Waals surface area (Å²) < 4.78 is 7.13. The smallest absolute Gasteiger partial charge is 0.273 e. The van der Waals surface area contributed by atoms with Crippen molar-refractivity contribution in [3.8, 4) is 11.5 Å². The summed E-state index contributed by atoms with van der Waals surface area (Å²) in [4.78, 5) is 23.9. The fourth-order valence-electron chi connectivity index (χ4n) is 3.45. The molecule has 0 N–H and O–H groups in total. The van der Waals surface area contributed by atoms with Crippen LogP contribution in [0, 0.1) is 6.92 Å². The number of carbonyl (C=O) groups is 1. The van der Waals surface area contributed by atoms with E-state index in [1.807, 2.05) is 37.2 Å². The van der Waals surface area contributed by atoms with Gasteiger partial charge in [-0.1, -0.05) is 24.1 Å². The zero-order valence-electron chi connectivity index (χ0n) is 15.5. The van der Waals surface area contributed by atoms with Crippen molar-refractivity contribution in [1.29, 1.82) is 0 Å². The second kappa shape index (κ2) is 7.30. The van der Waals surface area contributed by atoms with E-state index in [0.29, 0.717) is 24.0 Å². The van der Waals surface area contributed by atoms with E-state index in [9.17, 15) is 4.79 Å². The molecule has 0 aliphatic carbocycles. The maximum atomic E-state index is 13.1. The van der Waals surface area contributed by atoms with E-state index < -0.39 is 0 Å². The molecule has 0 aromatic carbocycles. The standard InChI is InChI=1S/C19H22N6O2/c1-13-7-6-8-15(21-13)19(26)25-10-5-3-4-9-16(25)17-22-18(27-23-17)14-11-20-24(2)12-14/h6-8,11-12,16H,3-5,9-10H2,1-2H3/t16-/m1/s1. The summed E-state index contributed by atoms with van der Waals surface area (Å²) in [5.74, 6) is 0.874. The lowest BCUT2D eigenvalue weighted by molar-refractivity contribution is 0.0664. The zero-order chi connectivity index (χ0) is 18.8. The Balaban J connectivity index is 1.64. The number of rotatable bonds is 3. The largest absolute Gasteiger partial charge is 0.334 e. The summed E-state index contributed by atoms with van der Waals surface area (Å²) in [6, 6.07) is 5.29. The summed E-state index contributed by atoms with van der Waals surface area (Å²) in [7, 11) is 1.83. The summed E-state index contributed by atoms with van der Waals surface area (Å²) in [5.41, 5.74) is 2.05. The van der Waals surface area contributed by atoms with Crippen molar-refractivity contribution in [2.75, 3.05) is 6.54 Å². The Bertz CT molecular complexity index is 947. The van der Waals surface area contributed by atoms with Crippen LogP contribution in [0.15, 0.2) is 35.1 Å². The van der Waals surface area contributed by atoms with E-state index in [2.05, 4.69) is 20.2 Å². The van der Waals surface area contributed by atoms with E-state index in [1.165, 1.54) is 0 Å². The molecule has 3 aromatic rings. The molecule has 0 unspecified atom stereocenters. The van der Waals surface area contributed by atoms with Gasteiger partial charge in [0.05, 0.1) is 17.8 Å². The molecule has 0 bridgehead atoms. The molecular weight excluding hydrogens is 344 g/mol. The van der Waals surface area contributed by atoms with Crippen molar-refractivity contribution >= 4 is 5.91 Å². The first-order valence-electron chi connectivity index (χ1n) is 9.19. The lowest BCUT2D eigenvalue weighted by Crippen LogP contribution is -2.36. The molecule has 0 spiro atoms. The third kappa shape index (κ3) is 3.60. The number of pyridine rings is 1. The van der Waals surface area contributed by atoms with Crippen molar-refractivity contribution in [3.63, 3.8) is 0 Å². The molecule has 1 atom stereocenters. The van der Waals surface area contributed by atoms with Crippen LogP contribution in [0.4, 0.5) is 0 Å². The quantitative estimate of drug-likeness (QED) is 0.708. The van der Waals surface area contributed by atoms with Crippen molar-refractivity contribution in [1.82, 2.24) is 29.8 Å². The number of likely N-dealkylation sites (tertiary alicyclic amines) is 1. The van der Waals surface area contributed by atoms with Crippen LogP contribution in [-0.4, -0.2) is 42.3 Å². The van der Waals surface area contributed by atoms with Gasteiger partial charge in [-0.2, -0.15) is 10.1 Å². The molecule has 1 aliphatic rings. The predicted octanol–water partition coefficient (Wildman–Crippen LogP) is 2.93. The Labute approximate surface area is 157 Å². The van der Waals surface area contributed by atoms with Gasteiger partial charge in [0.25, 0.3) is 11.8 Å². The fourth-order valence-corrected chi connectivity index (χ4v) is 3.45. The molecule has 0 saturated carbocycles. The van der Waals surface area contributed by atoms with Gasteiger partial charge in [-0.25, -0.2) is 4.98 Å². The monoisotopic (exact) mass is 366 g/mol. The van der Waals surface area contributed by atoms with Crippen LogP contribution >= 0.6 is 0 Å². The summed E-state index contributed by atoms with van der Waals surface area (Å²) in [6.45, 7) is 2.55. The van der Waals surface area contributed by atoms with Gasteiger partial charge in [-0.15, -0.1) is 0 Å². The molecule has 1 fully saturated rings. The van der Waals surface area contributed by atoms with Crippen LogP contribution in [-0.2, 0) is 7.05 Å². The van der Waals surface area contributed by atoms with Crippen LogP contribution < -0.4 is 0 Å². The van der Waals surface area contributed by atoms with Crippen LogP contribution in [0.3, 0.4) is 0 Å². The first-order chi connectivity index (χ1) is 13.1. The van der Waals surface area contributed by atoms with E-state index in [0.717, 1.165) is 36.9 Å². The first-order valence-corrected chi connectivity index (χ1v) is 9.19. The zero-order valence-corrected chi connectivity index (χ0v) is 15.5. The Kier molecular flexibility index (Phi) is 4.70. The van der Waals surface area contributed by atoms with E-state index >= 15 is 0 Å². The molecule has 140 valence electrons. The molecule has 3 aromatic heterocycles. The fraction of sp³-hybridized carbons (Fsp3) is 0.421. The third-order valence-corrected chi connectivity index (χ3v) is 4.81. The average molecular weight is 366 g/mol. The van der Waals surface area contributed by atoms with Gasteiger partial charge < -0.3 is 9.42 Å². The first kappa shape index (κ1) is 17.4. The number of amides is 1. The molecule has 1 aliphatic heterocycles. The number of hydrogen-bond donors (Lipinski definition) is 0. The second-order valence-electron chi connectivity index (χ2n) is 6.89. The Morgan fingerprint density at radius 1 is 1.22 bits per heavy atom. The highest BCUT2D eigenvalue weighted by molar-refractivity contribution is 5.92. The second-order valence-corrected chi connectivity index (χ2v) is 6.89. The highest BCUT2D eigenvalue weighted by atomic mass is 16.5. The van der Waals surface area contributed by atoms with E-state index in [4.69, 9.17) is 4.52 Å². The van der Waals surface area contributed by atoms with Gasteiger partial charge in [0.2, 0.25) is 0 Å². The number of nitrogens with zero attached hydrogens (tertiary/aromatic N) is 6. The number of carbonyl (C=O) groups excluding carboxylic acids is 1. The highest BCUT2D eigenvalue weighted by Gasteiger charge is 2.31. The maximum Gasteiger partial charge on any atom is 0.273 e. The van der Waals surface area contributed by atoms with Gasteiger partial charge >= 0.3 is 0 Å². The summed E-state index contributed by atoms with van der Waals surface area (Å²) in [6.07, 6.45) is 7.38. The van der Waals surface area contributed by atoms with Gasteiger partial charge in [0.15, 0.2) is 5.82 Å². The highest BCUT2D eigenvalue weighted by Crippen LogP contribution is 2.31. The van der Waals surface area contributed by atoms with Gasteiger partial charge in [0.1, 0.15) is 5.69 Å². The van der Waals surface area contributed by atoms with Gasteiger partial charge in [-0.3, -0.25) is 9.48 Å². The Morgan fingerprint density at radius 2 is 2.11 bits per heavy atom. The lowest BCUT2D eigenvalue weighted by Gasteiger charge is -2.27. The van der Waals surface area contributed by atoms with Crippen LogP contribution in [0.1, 0.15) is 53.7 Å². The average Bonchev–Trinajstić information content (AvgIpc) is 3.24. The number of aromatic nitrogens is 5. The normalized spacial score (nSPS) is 17.7. The number of aryl methyl sites for hydroxylation is 2. The summed E-state index contributed by atoms with van der Waals surface area (Å²) in [5, 5.41) is 8.31. The minimum absolute atomic E-state index is 0.0849. The maximum absolute atomic E-state index is 13.1. The summed E-state index contributed by atoms with van der Waals surface area (Å²) >= 11 is 0. The van der Waals surface area contributed by atoms with Crippen molar-refractivity contribution < 1.29 is 9.32 Å². The van der Waals surface area contributed by atoms with Crippen molar-refractivity contribution in [2.45, 2.75) is 38.6 Å². The minimum atomic E-state index is -0.212. The topological polar surface area (TPSA) is 89.9 Å².